The number of hydrogen-bond acceptors (Lipinski definition) is 4. The van der Waals surface area contributed by atoms with Crippen LogP contribution in [0.2, 0.25) is 0 Å². The highest BCUT2D eigenvalue weighted by atomic mass is 32.1. The molecule has 0 saturated heterocycles. The molecule has 1 heterocycles. The van der Waals surface area contributed by atoms with E-state index in [1.807, 2.05) is 0 Å². The molecule has 0 spiro atoms. The highest BCUT2D eigenvalue weighted by molar-refractivity contribution is 7.16. The molecule has 0 bridgehead atoms. The third-order valence-electron chi connectivity index (χ3n) is 1.48. The molecular weight excluding hydrogens is 288 g/mol. The minimum Gasteiger partial charge on any atom is -0.294 e. The van der Waals surface area contributed by atoms with Crippen molar-refractivity contribution < 1.29 is 31.1 Å². The van der Waals surface area contributed by atoms with Crippen molar-refractivity contribution in [2.45, 2.75) is 12.4 Å². The van der Waals surface area contributed by atoms with Crippen molar-refractivity contribution in [1.29, 1.82) is 5.26 Å². The van der Waals surface area contributed by atoms with E-state index in [-0.39, 0.29) is 11.3 Å². The summed E-state index contributed by atoms with van der Waals surface area (Å²) in [6.07, 6.45) is -10.2. The molecule has 0 aliphatic rings. The average molecular weight is 289 g/mol. The summed E-state index contributed by atoms with van der Waals surface area (Å²) in [7, 11) is 0. The Bertz CT molecular complexity index is 511. The summed E-state index contributed by atoms with van der Waals surface area (Å²) in [5.41, 5.74) is -1.63. The second-order valence-electron chi connectivity index (χ2n) is 2.76. The summed E-state index contributed by atoms with van der Waals surface area (Å²) in [6.45, 7) is 0. The summed E-state index contributed by atoms with van der Waals surface area (Å²) in [5.74, 6) is -2.46. The number of alkyl halides is 6. The number of nitrogens with zero attached hydrogens (tertiary/aromatic N) is 2. The molecule has 1 aromatic rings. The van der Waals surface area contributed by atoms with Crippen molar-refractivity contribution in [3.05, 3.63) is 10.6 Å². The first-order chi connectivity index (χ1) is 8.05. The monoisotopic (exact) mass is 289 g/mol. The molecule has 0 atom stereocenters. The van der Waals surface area contributed by atoms with E-state index in [0.29, 0.717) is 0 Å². The minimum atomic E-state index is -5.25. The maximum absolute atomic E-state index is 12.3. The lowest BCUT2D eigenvalue weighted by Crippen LogP contribution is -2.29. The molecule has 0 unspecified atom stereocenters. The van der Waals surface area contributed by atoms with Gasteiger partial charge in [0.2, 0.25) is 0 Å². The molecule has 0 aliphatic carbocycles. The minimum absolute atomic E-state index is 0.00664. The molecule has 1 amide bonds. The van der Waals surface area contributed by atoms with Gasteiger partial charge in [0.05, 0.1) is 0 Å². The number of nitriles is 1. The second-order valence-corrected chi connectivity index (χ2v) is 3.76. The topological polar surface area (TPSA) is 65.8 Å². The van der Waals surface area contributed by atoms with Crippen LogP contribution in [-0.4, -0.2) is 17.1 Å². The van der Waals surface area contributed by atoms with Crippen LogP contribution >= 0.6 is 11.3 Å². The standard InChI is InChI=1S/C7HF6N3OS/c8-6(9,10)3-2(1-14)18-5(15-3)16-4(17)7(11,12)13/h(H,15,16,17). The van der Waals surface area contributed by atoms with Crippen LogP contribution in [0.3, 0.4) is 0 Å². The van der Waals surface area contributed by atoms with Gasteiger partial charge in [-0.05, 0) is 0 Å². The van der Waals surface area contributed by atoms with Gasteiger partial charge in [0, 0.05) is 0 Å². The Kier molecular flexibility index (Phi) is 3.52. The zero-order chi connectivity index (χ0) is 14.1. The lowest BCUT2D eigenvalue weighted by Gasteiger charge is -2.04. The maximum Gasteiger partial charge on any atom is 0.471 e. The fourth-order valence-corrected chi connectivity index (χ4v) is 1.59. The Hall–Kier alpha value is -1.83. The highest BCUT2D eigenvalue weighted by Crippen LogP contribution is 2.35. The Balaban J connectivity index is 3.05. The van der Waals surface area contributed by atoms with E-state index in [1.165, 1.54) is 0 Å². The third-order valence-corrected chi connectivity index (χ3v) is 2.35. The predicted octanol–water partition coefficient (Wildman–Crippen LogP) is 2.53. The van der Waals surface area contributed by atoms with Gasteiger partial charge < -0.3 is 0 Å². The first-order valence-electron chi connectivity index (χ1n) is 3.92. The van der Waals surface area contributed by atoms with Crippen molar-refractivity contribution in [2.24, 2.45) is 0 Å². The van der Waals surface area contributed by atoms with Crippen molar-refractivity contribution in [1.82, 2.24) is 4.98 Å². The number of carbonyl (C=O) groups excluding carboxylic acids is 1. The number of halogens is 6. The largest absolute Gasteiger partial charge is 0.471 e. The number of hydrogen-bond donors (Lipinski definition) is 1. The summed E-state index contributed by atoms with van der Waals surface area (Å²) in [6, 6.07) is 1.14. The molecule has 1 rings (SSSR count). The van der Waals surface area contributed by atoms with Gasteiger partial charge in [0.1, 0.15) is 10.9 Å². The Labute approximate surface area is 98.8 Å². The fraction of sp³-hybridized carbons (Fsp3) is 0.286. The molecule has 1 N–H and O–H groups in total. The van der Waals surface area contributed by atoms with Crippen molar-refractivity contribution in [2.75, 3.05) is 5.32 Å². The molecule has 0 aliphatic heterocycles. The SMILES string of the molecule is N#Cc1sc(NC(=O)C(F)(F)F)nc1C(F)(F)F. The zero-order valence-corrected chi connectivity index (χ0v) is 8.80. The van der Waals surface area contributed by atoms with Crippen LogP contribution in [0, 0.1) is 11.3 Å². The number of amides is 1. The van der Waals surface area contributed by atoms with E-state index in [9.17, 15) is 31.1 Å². The van der Waals surface area contributed by atoms with E-state index in [0.717, 1.165) is 11.4 Å². The quantitative estimate of drug-likeness (QED) is 0.808. The average Bonchev–Trinajstić information content (AvgIpc) is 2.59. The lowest BCUT2D eigenvalue weighted by molar-refractivity contribution is -0.167. The number of anilines is 1. The summed E-state index contributed by atoms with van der Waals surface area (Å²) >= 11 is 0.00664. The molecule has 0 radical (unpaired) electrons. The number of carbonyl (C=O) groups is 1. The lowest BCUT2D eigenvalue weighted by atomic mass is 10.4. The van der Waals surface area contributed by atoms with Gasteiger partial charge in [-0.25, -0.2) is 4.98 Å². The van der Waals surface area contributed by atoms with Crippen LogP contribution in [0.15, 0.2) is 0 Å². The predicted molar refractivity (Wildman–Crippen MR) is 46.5 cm³/mol. The normalized spacial score (nSPS) is 12.1. The number of rotatable bonds is 1. The Morgan fingerprint density at radius 1 is 1.28 bits per heavy atom. The van der Waals surface area contributed by atoms with E-state index in [2.05, 4.69) is 4.98 Å². The van der Waals surface area contributed by atoms with Gasteiger partial charge in [-0.1, -0.05) is 11.3 Å². The van der Waals surface area contributed by atoms with Gasteiger partial charge in [0.15, 0.2) is 10.8 Å². The van der Waals surface area contributed by atoms with Crippen LogP contribution in [0.5, 0.6) is 0 Å². The fourth-order valence-electron chi connectivity index (χ4n) is 0.809. The van der Waals surface area contributed by atoms with E-state index < -0.39 is 34.0 Å². The van der Waals surface area contributed by atoms with Gasteiger partial charge in [0.25, 0.3) is 0 Å². The number of nitrogens with one attached hydrogen (secondary N) is 1. The van der Waals surface area contributed by atoms with Gasteiger partial charge in [-0.3, -0.25) is 10.1 Å². The molecule has 0 aromatic carbocycles. The molecule has 18 heavy (non-hydrogen) atoms. The van der Waals surface area contributed by atoms with Gasteiger partial charge in [-0.15, -0.1) is 0 Å². The van der Waals surface area contributed by atoms with Crippen molar-refractivity contribution in [3.8, 4) is 6.07 Å². The van der Waals surface area contributed by atoms with Crippen LogP contribution in [0.1, 0.15) is 10.6 Å². The zero-order valence-electron chi connectivity index (χ0n) is 7.98. The van der Waals surface area contributed by atoms with Crippen molar-refractivity contribution >= 4 is 22.4 Å². The summed E-state index contributed by atoms with van der Waals surface area (Å²) < 4.78 is 72.3. The van der Waals surface area contributed by atoms with Crippen LogP contribution in [0.4, 0.5) is 31.5 Å². The first kappa shape index (κ1) is 14.2. The third kappa shape index (κ3) is 3.10. The van der Waals surface area contributed by atoms with Crippen LogP contribution in [0.25, 0.3) is 0 Å². The van der Waals surface area contributed by atoms with E-state index >= 15 is 0 Å². The van der Waals surface area contributed by atoms with E-state index in [1.54, 1.807) is 0 Å². The summed E-state index contributed by atoms with van der Waals surface area (Å²) in [5, 5.41) is 8.57. The number of aromatic nitrogens is 1. The first-order valence-corrected chi connectivity index (χ1v) is 4.73. The Morgan fingerprint density at radius 3 is 2.17 bits per heavy atom. The molecule has 11 heteroatoms. The molecular formula is C7HF6N3OS. The molecule has 4 nitrogen and oxygen atoms in total. The second kappa shape index (κ2) is 4.45. The van der Waals surface area contributed by atoms with Gasteiger partial charge >= 0.3 is 18.3 Å². The van der Waals surface area contributed by atoms with Crippen LogP contribution < -0.4 is 5.32 Å². The van der Waals surface area contributed by atoms with Crippen molar-refractivity contribution in [3.63, 3.8) is 0 Å². The molecule has 0 fully saturated rings. The molecule has 1 aromatic heterocycles. The smallest absolute Gasteiger partial charge is 0.294 e. The Morgan fingerprint density at radius 2 is 1.83 bits per heavy atom. The van der Waals surface area contributed by atoms with Crippen LogP contribution in [-0.2, 0) is 11.0 Å². The molecule has 0 saturated carbocycles. The van der Waals surface area contributed by atoms with Gasteiger partial charge in [-0.2, -0.15) is 31.6 Å². The summed E-state index contributed by atoms with van der Waals surface area (Å²) in [4.78, 5) is 12.3. The highest BCUT2D eigenvalue weighted by Gasteiger charge is 2.41. The number of thiazole rings is 1. The van der Waals surface area contributed by atoms with E-state index in [4.69, 9.17) is 5.26 Å². The maximum atomic E-state index is 12.3. The molecule has 98 valence electrons.